The Morgan fingerprint density at radius 1 is 1.07 bits per heavy atom. The van der Waals surface area contributed by atoms with Crippen molar-refractivity contribution >= 4 is 17.0 Å². The Hall–Kier alpha value is -2.74. The van der Waals surface area contributed by atoms with E-state index >= 15 is 0 Å². The molecular formula is C19H15F3N2O2S. The molecule has 1 aromatic heterocycles. The van der Waals surface area contributed by atoms with Gasteiger partial charge in [0, 0.05) is 11.6 Å². The molecule has 0 N–H and O–H groups in total. The standard InChI is InChI=1S/C19H15F3N2O2S/c1-11(2)16-17(14-5-3-4-6-15(14)24(25)26)27-18(23-16)12-7-9-13(10-8-12)19(20,21)22/h3-11H,1-2H3. The molecule has 0 aliphatic heterocycles. The fourth-order valence-corrected chi connectivity index (χ4v) is 3.93. The van der Waals surface area contributed by atoms with Crippen molar-refractivity contribution in [2.45, 2.75) is 25.9 Å². The third-order valence-electron chi connectivity index (χ3n) is 4.00. The van der Waals surface area contributed by atoms with E-state index in [4.69, 9.17) is 0 Å². The van der Waals surface area contributed by atoms with E-state index in [2.05, 4.69) is 4.98 Å². The topological polar surface area (TPSA) is 56.0 Å². The molecule has 1 heterocycles. The molecule has 0 radical (unpaired) electrons. The smallest absolute Gasteiger partial charge is 0.258 e. The van der Waals surface area contributed by atoms with Gasteiger partial charge in [0.2, 0.25) is 0 Å². The maximum atomic E-state index is 12.8. The fourth-order valence-electron chi connectivity index (χ4n) is 2.67. The van der Waals surface area contributed by atoms with Crippen molar-refractivity contribution < 1.29 is 18.1 Å². The molecule has 2 aromatic carbocycles. The number of aromatic nitrogens is 1. The van der Waals surface area contributed by atoms with Crippen molar-refractivity contribution in [2.75, 3.05) is 0 Å². The second kappa shape index (κ2) is 7.11. The molecule has 0 bridgehead atoms. The van der Waals surface area contributed by atoms with Crippen LogP contribution in [0.5, 0.6) is 0 Å². The van der Waals surface area contributed by atoms with Crippen LogP contribution in [0.1, 0.15) is 31.0 Å². The van der Waals surface area contributed by atoms with E-state index in [-0.39, 0.29) is 11.6 Å². The zero-order valence-electron chi connectivity index (χ0n) is 14.4. The van der Waals surface area contributed by atoms with Crippen molar-refractivity contribution in [2.24, 2.45) is 0 Å². The average Bonchev–Trinajstić information content (AvgIpc) is 3.06. The lowest BCUT2D eigenvalue weighted by atomic mass is 10.0. The van der Waals surface area contributed by atoms with Crippen LogP contribution in [0, 0.1) is 10.1 Å². The molecule has 4 nitrogen and oxygen atoms in total. The predicted octanol–water partition coefficient (Wildman–Crippen LogP) is 6.53. The van der Waals surface area contributed by atoms with Crippen LogP contribution in [0.3, 0.4) is 0 Å². The quantitative estimate of drug-likeness (QED) is 0.375. The summed E-state index contributed by atoms with van der Waals surface area (Å²) >= 11 is 1.24. The average molecular weight is 392 g/mol. The van der Waals surface area contributed by atoms with Gasteiger partial charge in [0.05, 0.1) is 26.6 Å². The van der Waals surface area contributed by atoms with Crippen molar-refractivity contribution in [3.63, 3.8) is 0 Å². The summed E-state index contributed by atoms with van der Waals surface area (Å²) in [6, 6.07) is 11.2. The second-order valence-electron chi connectivity index (χ2n) is 6.24. The predicted molar refractivity (Wildman–Crippen MR) is 98.7 cm³/mol. The Kier molecular flexibility index (Phi) is 5.01. The van der Waals surface area contributed by atoms with Crippen LogP contribution in [0.25, 0.3) is 21.0 Å². The van der Waals surface area contributed by atoms with E-state index in [1.165, 1.54) is 29.5 Å². The number of nitro benzene ring substituents is 1. The highest BCUT2D eigenvalue weighted by Crippen LogP contribution is 2.42. The van der Waals surface area contributed by atoms with Gasteiger partial charge in [-0.1, -0.05) is 38.1 Å². The van der Waals surface area contributed by atoms with Gasteiger partial charge in [-0.05, 0) is 24.1 Å². The number of para-hydroxylation sites is 1. The highest BCUT2D eigenvalue weighted by Gasteiger charge is 2.30. The molecule has 3 rings (SSSR count). The minimum atomic E-state index is -4.40. The molecule has 0 unspecified atom stereocenters. The van der Waals surface area contributed by atoms with Crippen LogP contribution in [-0.2, 0) is 6.18 Å². The number of hydrogen-bond acceptors (Lipinski definition) is 4. The van der Waals surface area contributed by atoms with Crippen LogP contribution in [0.2, 0.25) is 0 Å². The largest absolute Gasteiger partial charge is 0.416 e. The molecule has 0 aliphatic rings. The van der Waals surface area contributed by atoms with Gasteiger partial charge in [-0.3, -0.25) is 10.1 Å². The summed E-state index contributed by atoms with van der Waals surface area (Å²) in [6.45, 7) is 3.84. The zero-order valence-corrected chi connectivity index (χ0v) is 15.3. The lowest BCUT2D eigenvalue weighted by molar-refractivity contribution is -0.384. The van der Waals surface area contributed by atoms with Crippen LogP contribution in [-0.4, -0.2) is 9.91 Å². The minimum absolute atomic E-state index is 0.000687. The molecule has 27 heavy (non-hydrogen) atoms. The highest BCUT2D eigenvalue weighted by atomic mass is 32.1. The number of nitro groups is 1. The highest BCUT2D eigenvalue weighted by molar-refractivity contribution is 7.18. The first-order valence-electron chi connectivity index (χ1n) is 8.10. The van der Waals surface area contributed by atoms with Gasteiger partial charge in [0.1, 0.15) is 5.01 Å². The molecule has 0 spiro atoms. The van der Waals surface area contributed by atoms with Gasteiger partial charge >= 0.3 is 6.18 Å². The monoisotopic (exact) mass is 392 g/mol. The number of benzene rings is 2. The first-order valence-corrected chi connectivity index (χ1v) is 8.92. The van der Waals surface area contributed by atoms with Crippen molar-refractivity contribution in [1.29, 1.82) is 0 Å². The molecule has 140 valence electrons. The molecule has 0 fully saturated rings. The molecule has 8 heteroatoms. The summed E-state index contributed by atoms with van der Waals surface area (Å²) in [4.78, 5) is 16.1. The van der Waals surface area contributed by atoms with E-state index < -0.39 is 16.7 Å². The Morgan fingerprint density at radius 2 is 1.70 bits per heavy atom. The molecule has 0 aliphatic carbocycles. The van der Waals surface area contributed by atoms with Crippen LogP contribution in [0.4, 0.5) is 18.9 Å². The number of nitrogens with zero attached hydrogens (tertiary/aromatic N) is 2. The number of alkyl halides is 3. The number of thiazole rings is 1. The lowest BCUT2D eigenvalue weighted by Crippen LogP contribution is -2.03. The first kappa shape index (κ1) is 19.0. The van der Waals surface area contributed by atoms with E-state index in [9.17, 15) is 23.3 Å². The molecule has 0 atom stereocenters. The van der Waals surface area contributed by atoms with Crippen molar-refractivity contribution in [3.8, 4) is 21.0 Å². The van der Waals surface area contributed by atoms with Gasteiger partial charge in [0.25, 0.3) is 5.69 Å². The maximum absolute atomic E-state index is 12.8. The number of halogens is 3. The number of hydrogen-bond donors (Lipinski definition) is 0. The Balaban J connectivity index is 2.11. The summed E-state index contributed by atoms with van der Waals surface area (Å²) < 4.78 is 38.3. The van der Waals surface area contributed by atoms with Gasteiger partial charge in [-0.25, -0.2) is 4.98 Å². The van der Waals surface area contributed by atoms with E-state index in [0.29, 0.717) is 26.7 Å². The summed E-state index contributed by atoms with van der Waals surface area (Å²) in [5.74, 6) is -0.000687. The van der Waals surface area contributed by atoms with Gasteiger partial charge in [-0.2, -0.15) is 13.2 Å². The van der Waals surface area contributed by atoms with Gasteiger partial charge in [0.15, 0.2) is 0 Å². The van der Waals surface area contributed by atoms with Crippen LogP contribution < -0.4 is 0 Å². The van der Waals surface area contributed by atoms with Crippen molar-refractivity contribution in [1.82, 2.24) is 4.98 Å². The molecule has 0 amide bonds. The second-order valence-corrected chi connectivity index (χ2v) is 7.24. The normalized spacial score (nSPS) is 11.8. The third kappa shape index (κ3) is 3.85. The Labute approximate surface area is 157 Å². The SMILES string of the molecule is CC(C)c1nc(-c2ccc(C(F)(F)F)cc2)sc1-c1ccccc1[N+](=O)[O-]. The molecule has 0 saturated heterocycles. The Bertz CT molecular complexity index is 979. The zero-order chi connectivity index (χ0) is 19.8. The van der Waals surface area contributed by atoms with Crippen LogP contribution >= 0.6 is 11.3 Å². The van der Waals surface area contributed by atoms with Crippen LogP contribution in [0.15, 0.2) is 48.5 Å². The third-order valence-corrected chi connectivity index (χ3v) is 5.16. The van der Waals surface area contributed by atoms with Gasteiger partial charge < -0.3 is 0 Å². The maximum Gasteiger partial charge on any atom is 0.416 e. The van der Waals surface area contributed by atoms with Crippen molar-refractivity contribution in [3.05, 3.63) is 69.9 Å². The molecule has 3 aromatic rings. The minimum Gasteiger partial charge on any atom is -0.258 e. The van der Waals surface area contributed by atoms with E-state index in [0.717, 1.165) is 12.1 Å². The van der Waals surface area contributed by atoms with E-state index in [1.54, 1.807) is 18.2 Å². The van der Waals surface area contributed by atoms with Gasteiger partial charge in [-0.15, -0.1) is 11.3 Å². The summed E-state index contributed by atoms with van der Waals surface area (Å²) in [5, 5.41) is 11.9. The summed E-state index contributed by atoms with van der Waals surface area (Å²) in [5.41, 5.74) is 0.929. The van der Waals surface area contributed by atoms with E-state index in [1.807, 2.05) is 13.8 Å². The summed E-state index contributed by atoms with van der Waals surface area (Å²) in [6.07, 6.45) is -4.40. The lowest BCUT2D eigenvalue weighted by Gasteiger charge is -2.06. The molecular weight excluding hydrogens is 377 g/mol. The summed E-state index contributed by atoms with van der Waals surface area (Å²) in [7, 11) is 0. The molecule has 0 saturated carbocycles. The fraction of sp³-hybridized carbons (Fsp3) is 0.211. The first-order chi connectivity index (χ1) is 12.7. The number of rotatable bonds is 4. The Morgan fingerprint density at radius 3 is 2.26 bits per heavy atom.